The predicted octanol–water partition coefficient (Wildman–Crippen LogP) is 1.66. The van der Waals surface area contributed by atoms with E-state index in [0.29, 0.717) is 25.6 Å². The van der Waals surface area contributed by atoms with Gasteiger partial charge < -0.3 is 14.7 Å². The minimum atomic E-state index is -0.866. The minimum absolute atomic E-state index is 0.0105. The summed E-state index contributed by atoms with van der Waals surface area (Å²) < 4.78 is 5.66. The van der Waals surface area contributed by atoms with Crippen LogP contribution in [0.3, 0.4) is 0 Å². The van der Waals surface area contributed by atoms with Crippen molar-refractivity contribution < 1.29 is 19.4 Å². The van der Waals surface area contributed by atoms with Crippen LogP contribution in [0.25, 0.3) is 0 Å². The zero-order valence-corrected chi connectivity index (χ0v) is 11.2. The van der Waals surface area contributed by atoms with Crippen molar-refractivity contribution in [2.24, 2.45) is 0 Å². The molecule has 1 N–H and O–H groups in total. The number of carboxylic acid groups (broad SMARTS) is 1. The van der Waals surface area contributed by atoms with Crippen LogP contribution in [0.4, 0.5) is 0 Å². The topological polar surface area (TPSA) is 66.8 Å². The number of aliphatic carboxylic acids is 1. The lowest BCUT2D eigenvalue weighted by molar-refractivity contribution is -0.138. The SMILES string of the molecule is CCN(CCC(=O)O)C(=O)CCC1CCC(C)O1. The second kappa shape index (κ2) is 7.36. The molecule has 1 heterocycles. The Morgan fingerprint density at radius 2 is 2.06 bits per heavy atom. The molecular weight excluding hydrogens is 234 g/mol. The first-order chi connectivity index (χ1) is 8.52. The highest BCUT2D eigenvalue weighted by molar-refractivity contribution is 5.77. The molecule has 1 saturated heterocycles. The molecule has 2 atom stereocenters. The van der Waals surface area contributed by atoms with Gasteiger partial charge in [0.1, 0.15) is 0 Å². The minimum Gasteiger partial charge on any atom is -0.481 e. The monoisotopic (exact) mass is 257 g/mol. The van der Waals surface area contributed by atoms with E-state index >= 15 is 0 Å². The van der Waals surface area contributed by atoms with Crippen molar-refractivity contribution >= 4 is 11.9 Å². The maximum atomic E-state index is 11.9. The Balaban J connectivity index is 2.26. The van der Waals surface area contributed by atoms with Gasteiger partial charge in [0.15, 0.2) is 0 Å². The van der Waals surface area contributed by atoms with Crippen LogP contribution in [0.5, 0.6) is 0 Å². The van der Waals surface area contributed by atoms with Gasteiger partial charge in [-0.05, 0) is 33.1 Å². The van der Waals surface area contributed by atoms with E-state index in [1.165, 1.54) is 0 Å². The molecule has 0 aromatic heterocycles. The molecular formula is C13H23NO4. The number of carboxylic acids is 1. The van der Waals surface area contributed by atoms with Crippen molar-refractivity contribution in [3.05, 3.63) is 0 Å². The number of carbonyl (C=O) groups excluding carboxylic acids is 1. The van der Waals surface area contributed by atoms with Gasteiger partial charge in [0, 0.05) is 19.5 Å². The van der Waals surface area contributed by atoms with Crippen molar-refractivity contribution in [1.29, 1.82) is 0 Å². The molecule has 0 spiro atoms. The molecule has 1 amide bonds. The Bertz CT molecular complexity index is 293. The van der Waals surface area contributed by atoms with Gasteiger partial charge in [-0.25, -0.2) is 0 Å². The summed E-state index contributed by atoms with van der Waals surface area (Å²) in [5.41, 5.74) is 0. The molecule has 0 aliphatic carbocycles. The zero-order chi connectivity index (χ0) is 13.5. The third-order valence-electron chi connectivity index (χ3n) is 3.33. The Morgan fingerprint density at radius 1 is 1.33 bits per heavy atom. The molecule has 1 aliphatic rings. The molecule has 0 aromatic rings. The lowest BCUT2D eigenvalue weighted by Gasteiger charge is -2.20. The van der Waals surface area contributed by atoms with Crippen LogP contribution in [0.15, 0.2) is 0 Å². The summed E-state index contributed by atoms with van der Waals surface area (Å²) >= 11 is 0. The largest absolute Gasteiger partial charge is 0.481 e. The first-order valence-corrected chi connectivity index (χ1v) is 6.68. The van der Waals surface area contributed by atoms with Gasteiger partial charge >= 0.3 is 5.97 Å². The molecule has 0 aromatic carbocycles. The third-order valence-corrected chi connectivity index (χ3v) is 3.33. The van der Waals surface area contributed by atoms with E-state index in [9.17, 15) is 9.59 Å². The van der Waals surface area contributed by atoms with E-state index in [4.69, 9.17) is 9.84 Å². The molecule has 1 fully saturated rings. The van der Waals surface area contributed by atoms with Crippen molar-refractivity contribution in [3.8, 4) is 0 Å². The Labute approximate surface area is 108 Å². The number of carbonyl (C=O) groups is 2. The van der Waals surface area contributed by atoms with E-state index in [0.717, 1.165) is 19.3 Å². The normalized spacial score (nSPS) is 23.0. The smallest absolute Gasteiger partial charge is 0.305 e. The highest BCUT2D eigenvalue weighted by Crippen LogP contribution is 2.22. The summed E-state index contributed by atoms with van der Waals surface area (Å²) in [4.78, 5) is 24.0. The van der Waals surface area contributed by atoms with Crippen molar-refractivity contribution in [1.82, 2.24) is 4.90 Å². The van der Waals surface area contributed by atoms with E-state index < -0.39 is 5.97 Å². The van der Waals surface area contributed by atoms with Gasteiger partial charge in [-0.1, -0.05) is 0 Å². The first kappa shape index (κ1) is 15.0. The second-order valence-electron chi connectivity index (χ2n) is 4.80. The van der Waals surface area contributed by atoms with E-state index in [1.54, 1.807) is 4.90 Å². The summed E-state index contributed by atoms with van der Waals surface area (Å²) in [5.74, 6) is -0.837. The summed E-state index contributed by atoms with van der Waals surface area (Å²) in [5, 5.41) is 8.61. The lowest BCUT2D eigenvalue weighted by Crippen LogP contribution is -2.33. The molecule has 0 saturated carbocycles. The Hall–Kier alpha value is -1.10. The molecule has 0 bridgehead atoms. The van der Waals surface area contributed by atoms with Gasteiger partial charge in [-0.15, -0.1) is 0 Å². The number of hydrogen-bond acceptors (Lipinski definition) is 3. The number of hydrogen-bond donors (Lipinski definition) is 1. The average Bonchev–Trinajstić information content (AvgIpc) is 2.73. The van der Waals surface area contributed by atoms with Gasteiger partial charge in [0.2, 0.25) is 5.91 Å². The van der Waals surface area contributed by atoms with Crippen molar-refractivity contribution in [2.45, 2.75) is 58.2 Å². The summed E-state index contributed by atoms with van der Waals surface area (Å²) in [6.45, 7) is 4.78. The van der Waals surface area contributed by atoms with Crippen LogP contribution in [-0.4, -0.2) is 47.2 Å². The summed E-state index contributed by atoms with van der Waals surface area (Å²) in [7, 11) is 0. The standard InChI is InChI=1S/C13H23NO4/c1-3-14(9-8-13(16)17)12(15)7-6-11-5-4-10(2)18-11/h10-11H,3-9H2,1-2H3,(H,16,17). The summed E-state index contributed by atoms with van der Waals surface area (Å²) in [6.07, 6.45) is 3.79. The fourth-order valence-corrected chi connectivity index (χ4v) is 2.23. The number of ether oxygens (including phenoxy) is 1. The van der Waals surface area contributed by atoms with Crippen molar-refractivity contribution in [2.75, 3.05) is 13.1 Å². The molecule has 104 valence electrons. The highest BCUT2D eigenvalue weighted by Gasteiger charge is 2.23. The predicted molar refractivity (Wildman–Crippen MR) is 67.3 cm³/mol. The zero-order valence-electron chi connectivity index (χ0n) is 11.2. The fourth-order valence-electron chi connectivity index (χ4n) is 2.23. The number of nitrogens with zero attached hydrogens (tertiary/aromatic N) is 1. The van der Waals surface area contributed by atoms with Crippen LogP contribution in [0, 0.1) is 0 Å². The number of rotatable bonds is 7. The van der Waals surface area contributed by atoms with E-state index in [-0.39, 0.29) is 18.4 Å². The lowest BCUT2D eigenvalue weighted by atomic mass is 10.1. The highest BCUT2D eigenvalue weighted by atomic mass is 16.5. The van der Waals surface area contributed by atoms with Gasteiger partial charge in [0.05, 0.1) is 18.6 Å². The fraction of sp³-hybridized carbons (Fsp3) is 0.846. The summed E-state index contributed by atoms with van der Waals surface area (Å²) in [6, 6.07) is 0. The van der Waals surface area contributed by atoms with Gasteiger partial charge in [-0.2, -0.15) is 0 Å². The van der Waals surface area contributed by atoms with Crippen LogP contribution >= 0.6 is 0 Å². The van der Waals surface area contributed by atoms with E-state index in [1.807, 2.05) is 13.8 Å². The Kier molecular flexibility index (Phi) is 6.12. The molecule has 5 heteroatoms. The maximum absolute atomic E-state index is 11.9. The quantitative estimate of drug-likeness (QED) is 0.753. The first-order valence-electron chi connectivity index (χ1n) is 6.68. The Morgan fingerprint density at radius 3 is 2.56 bits per heavy atom. The second-order valence-corrected chi connectivity index (χ2v) is 4.80. The molecule has 18 heavy (non-hydrogen) atoms. The van der Waals surface area contributed by atoms with Crippen molar-refractivity contribution in [3.63, 3.8) is 0 Å². The number of amides is 1. The molecule has 1 rings (SSSR count). The van der Waals surface area contributed by atoms with Crippen LogP contribution in [0.2, 0.25) is 0 Å². The van der Waals surface area contributed by atoms with Crippen LogP contribution in [-0.2, 0) is 14.3 Å². The molecule has 1 aliphatic heterocycles. The maximum Gasteiger partial charge on any atom is 0.305 e. The van der Waals surface area contributed by atoms with Crippen LogP contribution in [0.1, 0.15) is 46.0 Å². The van der Waals surface area contributed by atoms with Gasteiger partial charge in [0.25, 0.3) is 0 Å². The average molecular weight is 257 g/mol. The molecule has 2 unspecified atom stereocenters. The molecule has 0 radical (unpaired) electrons. The van der Waals surface area contributed by atoms with Gasteiger partial charge in [-0.3, -0.25) is 9.59 Å². The van der Waals surface area contributed by atoms with Crippen LogP contribution < -0.4 is 0 Å². The third kappa shape index (κ3) is 5.04. The van der Waals surface area contributed by atoms with E-state index in [2.05, 4.69) is 0 Å². The molecule has 5 nitrogen and oxygen atoms in total.